The molecule has 0 saturated heterocycles. The molecule has 0 saturated carbocycles. The Balaban J connectivity index is 2.08. The maximum atomic E-state index is 11.2. The zero-order valence-electron chi connectivity index (χ0n) is 10.0. The third kappa shape index (κ3) is 2.14. The first kappa shape index (κ1) is 12.4. The van der Waals surface area contributed by atoms with E-state index < -0.39 is 4.92 Å². The number of nitrogens with zero attached hydrogens (tertiary/aromatic N) is 2. The highest BCUT2D eigenvalue weighted by Gasteiger charge is 2.22. The second kappa shape index (κ2) is 4.78. The van der Waals surface area contributed by atoms with Gasteiger partial charge in [-0.05, 0) is 36.4 Å². The summed E-state index contributed by atoms with van der Waals surface area (Å²) in [5.74, 6) is 0.626. The summed E-state index contributed by atoms with van der Waals surface area (Å²) in [5, 5.41) is 20.4. The van der Waals surface area contributed by atoms with Crippen LogP contribution in [-0.2, 0) is 0 Å². The molecule has 0 atom stereocenters. The summed E-state index contributed by atoms with van der Waals surface area (Å²) in [7, 11) is 0. The van der Waals surface area contributed by atoms with Crippen LogP contribution in [0.5, 0.6) is 17.2 Å². The second-order valence-corrected chi connectivity index (χ2v) is 4.85. The number of aromatic hydroxyl groups is 1. The van der Waals surface area contributed by atoms with Crippen molar-refractivity contribution in [2.45, 2.75) is 0 Å². The van der Waals surface area contributed by atoms with Gasteiger partial charge in [0.15, 0.2) is 5.52 Å². The molecule has 100 valence electrons. The maximum Gasteiger partial charge on any atom is 0.338 e. The van der Waals surface area contributed by atoms with Gasteiger partial charge >= 0.3 is 5.69 Å². The van der Waals surface area contributed by atoms with Gasteiger partial charge in [-0.25, -0.2) is 4.98 Å². The lowest BCUT2D eigenvalue weighted by atomic mass is 10.2. The minimum atomic E-state index is -0.502. The molecular weight excluding hydrogens is 280 g/mol. The van der Waals surface area contributed by atoms with Crippen molar-refractivity contribution in [1.82, 2.24) is 4.98 Å². The summed E-state index contributed by atoms with van der Waals surface area (Å²) in [4.78, 5) is 14.7. The van der Waals surface area contributed by atoms with Crippen LogP contribution in [0.3, 0.4) is 0 Å². The minimum absolute atomic E-state index is 0.0989. The fourth-order valence-corrected chi connectivity index (χ4v) is 2.48. The third-order valence-electron chi connectivity index (χ3n) is 2.69. The van der Waals surface area contributed by atoms with Crippen molar-refractivity contribution in [3.8, 4) is 17.2 Å². The molecule has 0 aliphatic carbocycles. The highest BCUT2D eigenvalue weighted by molar-refractivity contribution is 7.16. The number of hydrogen-bond acceptors (Lipinski definition) is 6. The number of hydrogen-bond donors (Lipinski definition) is 1. The van der Waals surface area contributed by atoms with Crippen molar-refractivity contribution in [1.29, 1.82) is 0 Å². The number of phenols is 1. The number of nitro groups is 1. The van der Waals surface area contributed by atoms with Crippen molar-refractivity contribution >= 4 is 27.2 Å². The van der Waals surface area contributed by atoms with Crippen LogP contribution >= 0.6 is 11.3 Å². The fourth-order valence-electron chi connectivity index (χ4n) is 1.80. The Hall–Kier alpha value is -2.67. The second-order valence-electron chi connectivity index (χ2n) is 3.96. The summed E-state index contributed by atoms with van der Waals surface area (Å²) in [6.07, 6.45) is 0. The van der Waals surface area contributed by atoms with Gasteiger partial charge in [0.05, 0.1) is 15.1 Å². The topological polar surface area (TPSA) is 85.5 Å². The SMILES string of the molecule is O=[N+]([O-])c1c(Oc2ccc(O)cc2)ccc2scnc12. The summed E-state index contributed by atoms with van der Waals surface area (Å²) in [6.45, 7) is 0. The third-order valence-corrected chi connectivity index (χ3v) is 3.48. The molecule has 0 radical (unpaired) electrons. The minimum Gasteiger partial charge on any atom is -0.508 e. The standard InChI is InChI=1S/C13H8N2O4S/c16-8-1-3-9(4-2-8)19-10-5-6-11-12(14-7-20-11)13(10)15(17)18/h1-7,16H. The van der Waals surface area contributed by atoms with E-state index in [4.69, 9.17) is 4.74 Å². The number of phenolic OH excluding ortho intramolecular Hbond substituents is 1. The first-order valence-corrected chi connectivity index (χ1v) is 6.50. The zero-order chi connectivity index (χ0) is 14.1. The summed E-state index contributed by atoms with van der Waals surface area (Å²) in [6, 6.07) is 9.24. The van der Waals surface area contributed by atoms with Gasteiger partial charge in [-0.2, -0.15) is 0 Å². The van der Waals surface area contributed by atoms with Gasteiger partial charge in [0, 0.05) is 0 Å². The van der Waals surface area contributed by atoms with Crippen molar-refractivity contribution in [2.24, 2.45) is 0 Å². The molecule has 6 nitrogen and oxygen atoms in total. The van der Waals surface area contributed by atoms with E-state index in [1.54, 1.807) is 17.6 Å². The fraction of sp³-hybridized carbons (Fsp3) is 0. The average molecular weight is 288 g/mol. The maximum absolute atomic E-state index is 11.2. The van der Waals surface area contributed by atoms with Crippen molar-refractivity contribution in [2.75, 3.05) is 0 Å². The Morgan fingerprint density at radius 1 is 1.20 bits per heavy atom. The van der Waals surface area contributed by atoms with Crippen LogP contribution in [0, 0.1) is 10.1 Å². The van der Waals surface area contributed by atoms with Crippen LogP contribution in [0.1, 0.15) is 0 Å². The van der Waals surface area contributed by atoms with E-state index in [0.29, 0.717) is 11.3 Å². The zero-order valence-corrected chi connectivity index (χ0v) is 10.8. The molecule has 3 rings (SSSR count). The van der Waals surface area contributed by atoms with Gasteiger partial charge in [-0.15, -0.1) is 11.3 Å². The molecule has 0 bridgehead atoms. The Morgan fingerprint density at radius 2 is 1.95 bits per heavy atom. The summed E-state index contributed by atoms with van der Waals surface area (Å²) < 4.78 is 6.25. The molecule has 0 unspecified atom stereocenters. The van der Waals surface area contributed by atoms with E-state index in [0.717, 1.165) is 4.70 Å². The van der Waals surface area contributed by atoms with Gasteiger partial charge in [-0.3, -0.25) is 10.1 Å². The molecule has 1 heterocycles. The Morgan fingerprint density at radius 3 is 2.65 bits per heavy atom. The monoisotopic (exact) mass is 288 g/mol. The Labute approximate surface area is 117 Å². The van der Waals surface area contributed by atoms with E-state index in [-0.39, 0.29) is 17.2 Å². The largest absolute Gasteiger partial charge is 0.508 e. The molecule has 0 amide bonds. The van der Waals surface area contributed by atoms with Crippen LogP contribution in [0.4, 0.5) is 5.69 Å². The van der Waals surface area contributed by atoms with E-state index >= 15 is 0 Å². The van der Waals surface area contributed by atoms with Gasteiger partial charge in [0.25, 0.3) is 0 Å². The number of nitro benzene ring substituents is 1. The number of ether oxygens (including phenoxy) is 1. The number of benzene rings is 2. The van der Waals surface area contributed by atoms with Gasteiger partial charge < -0.3 is 9.84 Å². The van der Waals surface area contributed by atoms with E-state index in [9.17, 15) is 15.2 Å². The number of fused-ring (bicyclic) bond motifs is 1. The van der Waals surface area contributed by atoms with E-state index in [1.165, 1.54) is 35.6 Å². The first-order chi connectivity index (χ1) is 9.65. The quantitative estimate of drug-likeness (QED) is 0.586. The van der Waals surface area contributed by atoms with Crippen molar-refractivity contribution < 1.29 is 14.8 Å². The molecule has 0 fully saturated rings. The Bertz CT molecular complexity index is 783. The lowest BCUT2D eigenvalue weighted by Gasteiger charge is -2.06. The van der Waals surface area contributed by atoms with Gasteiger partial charge in [0.1, 0.15) is 11.5 Å². The predicted molar refractivity (Wildman–Crippen MR) is 74.5 cm³/mol. The van der Waals surface area contributed by atoms with E-state index in [2.05, 4.69) is 4.98 Å². The molecule has 20 heavy (non-hydrogen) atoms. The van der Waals surface area contributed by atoms with Crippen LogP contribution in [0.2, 0.25) is 0 Å². The average Bonchev–Trinajstić information content (AvgIpc) is 2.89. The highest BCUT2D eigenvalue weighted by Crippen LogP contribution is 2.38. The highest BCUT2D eigenvalue weighted by atomic mass is 32.1. The number of thiazole rings is 1. The molecule has 7 heteroatoms. The summed E-state index contributed by atoms with van der Waals surface area (Å²) >= 11 is 1.33. The number of rotatable bonds is 3. The van der Waals surface area contributed by atoms with Crippen molar-refractivity contribution in [3.05, 3.63) is 52.0 Å². The smallest absolute Gasteiger partial charge is 0.338 e. The van der Waals surface area contributed by atoms with Gasteiger partial charge in [-0.1, -0.05) is 0 Å². The lowest BCUT2D eigenvalue weighted by Crippen LogP contribution is -1.94. The number of aromatic nitrogens is 1. The molecule has 3 aromatic rings. The van der Waals surface area contributed by atoms with Crippen LogP contribution < -0.4 is 4.74 Å². The van der Waals surface area contributed by atoms with Gasteiger partial charge in [0.2, 0.25) is 5.75 Å². The predicted octanol–water partition coefficient (Wildman–Crippen LogP) is 3.70. The van der Waals surface area contributed by atoms with Crippen LogP contribution in [-0.4, -0.2) is 15.0 Å². The molecule has 0 aliphatic rings. The Kier molecular flexibility index (Phi) is 2.96. The molecule has 0 spiro atoms. The molecule has 1 aromatic heterocycles. The van der Waals surface area contributed by atoms with Crippen molar-refractivity contribution in [3.63, 3.8) is 0 Å². The lowest BCUT2D eigenvalue weighted by molar-refractivity contribution is -0.384. The van der Waals surface area contributed by atoms with Crippen LogP contribution in [0.25, 0.3) is 10.2 Å². The molecule has 2 aromatic carbocycles. The molecule has 0 aliphatic heterocycles. The molecule has 1 N–H and O–H groups in total. The first-order valence-electron chi connectivity index (χ1n) is 5.62. The van der Waals surface area contributed by atoms with E-state index in [1.807, 2.05) is 0 Å². The van der Waals surface area contributed by atoms with Crippen LogP contribution in [0.15, 0.2) is 41.9 Å². The summed E-state index contributed by atoms with van der Waals surface area (Å²) in [5.41, 5.74) is 1.72. The normalized spacial score (nSPS) is 10.6. The molecular formula is C13H8N2O4S.